The molecule has 0 amide bonds. The van der Waals surface area contributed by atoms with Crippen LogP contribution in [0.2, 0.25) is 0 Å². The molecule has 62 valence electrons. The molecular weight excluding hydrogens is 161 g/mol. The van der Waals surface area contributed by atoms with Crippen LogP contribution in [0.3, 0.4) is 0 Å². The first-order valence-electron chi connectivity index (χ1n) is 3.48. The summed E-state index contributed by atoms with van der Waals surface area (Å²) < 4.78 is 17.9. The molecular formula is C8H6FNO2. The monoisotopic (exact) mass is 167 g/mol. The minimum Gasteiger partial charge on any atom is -0.458 e. The van der Waals surface area contributed by atoms with Gasteiger partial charge in [-0.1, -0.05) is 6.07 Å². The number of carbonyl (C=O) groups is 1. The van der Waals surface area contributed by atoms with Gasteiger partial charge in [0.1, 0.15) is 0 Å². The van der Waals surface area contributed by atoms with E-state index in [-0.39, 0.29) is 5.75 Å². The number of carbonyl (C=O) groups excluding carboxylic acids is 1. The van der Waals surface area contributed by atoms with Gasteiger partial charge in [0.2, 0.25) is 6.23 Å². The van der Waals surface area contributed by atoms with E-state index in [1.807, 2.05) is 0 Å². The predicted octanol–water partition coefficient (Wildman–Crippen LogP) is 1.16. The maximum Gasteiger partial charge on any atom is 0.226 e. The van der Waals surface area contributed by atoms with Crippen molar-refractivity contribution in [3.8, 4) is 5.75 Å². The average Bonchev–Trinajstić information content (AvgIpc) is 2.49. The Kier molecular flexibility index (Phi) is 1.46. The maximum atomic E-state index is 12.9. The lowest BCUT2D eigenvalue weighted by Crippen LogP contribution is -2.21. The second-order valence-electron chi connectivity index (χ2n) is 2.44. The summed E-state index contributed by atoms with van der Waals surface area (Å²) in [5, 5.41) is 2.69. The smallest absolute Gasteiger partial charge is 0.226 e. The van der Waals surface area contributed by atoms with Crippen molar-refractivity contribution >= 4 is 12.0 Å². The topological polar surface area (TPSA) is 38.3 Å². The molecule has 3 nitrogen and oxygen atoms in total. The molecule has 0 saturated heterocycles. The summed E-state index contributed by atoms with van der Waals surface area (Å²) in [4.78, 5) is 10.3. The van der Waals surface area contributed by atoms with Gasteiger partial charge in [-0.2, -0.15) is 0 Å². The third-order valence-electron chi connectivity index (χ3n) is 1.63. The quantitative estimate of drug-likeness (QED) is 0.637. The molecule has 1 aromatic carbocycles. The van der Waals surface area contributed by atoms with Gasteiger partial charge in [-0.25, -0.2) is 4.39 Å². The molecule has 0 spiro atoms. The summed E-state index contributed by atoms with van der Waals surface area (Å²) >= 11 is 0. The molecule has 4 heteroatoms. The summed E-state index contributed by atoms with van der Waals surface area (Å²) in [6.45, 7) is 0. The van der Waals surface area contributed by atoms with E-state index in [1.165, 1.54) is 6.07 Å². The molecule has 0 aliphatic carbocycles. The fourth-order valence-electron chi connectivity index (χ4n) is 1.11. The van der Waals surface area contributed by atoms with Gasteiger partial charge in [-0.05, 0) is 12.1 Å². The average molecular weight is 167 g/mol. The SMILES string of the molecule is O=CC1Nc2cccc(F)c2O1. The van der Waals surface area contributed by atoms with Crippen molar-refractivity contribution in [1.82, 2.24) is 0 Å². The number of hydrogen-bond donors (Lipinski definition) is 1. The van der Waals surface area contributed by atoms with Crippen LogP contribution >= 0.6 is 0 Å². The Morgan fingerprint density at radius 2 is 2.42 bits per heavy atom. The third kappa shape index (κ3) is 0.922. The van der Waals surface area contributed by atoms with E-state index in [9.17, 15) is 9.18 Å². The molecule has 1 aliphatic rings. The molecule has 0 saturated carbocycles. The molecule has 1 N–H and O–H groups in total. The zero-order valence-corrected chi connectivity index (χ0v) is 6.08. The minimum atomic E-state index is -0.753. The third-order valence-corrected chi connectivity index (χ3v) is 1.63. The lowest BCUT2D eigenvalue weighted by molar-refractivity contribution is -0.112. The van der Waals surface area contributed by atoms with Gasteiger partial charge in [0.15, 0.2) is 17.9 Å². The lowest BCUT2D eigenvalue weighted by Gasteiger charge is -2.00. The first-order chi connectivity index (χ1) is 5.81. The highest BCUT2D eigenvalue weighted by atomic mass is 19.1. The van der Waals surface area contributed by atoms with Crippen LogP contribution in [-0.4, -0.2) is 12.5 Å². The van der Waals surface area contributed by atoms with E-state index in [2.05, 4.69) is 5.32 Å². The Morgan fingerprint density at radius 1 is 1.58 bits per heavy atom. The van der Waals surface area contributed by atoms with Crippen molar-refractivity contribution in [2.75, 3.05) is 5.32 Å². The molecule has 1 aromatic rings. The van der Waals surface area contributed by atoms with Crippen molar-refractivity contribution in [3.63, 3.8) is 0 Å². The van der Waals surface area contributed by atoms with Crippen molar-refractivity contribution in [2.45, 2.75) is 6.23 Å². The van der Waals surface area contributed by atoms with Gasteiger partial charge in [-0.3, -0.25) is 4.79 Å². The van der Waals surface area contributed by atoms with Crippen molar-refractivity contribution in [1.29, 1.82) is 0 Å². The van der Waals surface area contributed by atoms with Crippen LogP contribution in [-0.2, 0) is 4.79 Å². The number of anilines is 1. The number of aldehydes is 1. The van der Waals surface area contributed by atoms with Gasteiger partial charge in [-0.15, -0.1) is 0 Å². The van der Waals surface area contributed by atoms with E-state index in [1.54, 1.807) is 12.1 Å². The fraction of sp³-hybridized carbons (Fsp3) is 0.125. The Balaban J connectivity index is 2.41. The van der Waals surface area contributed by atoms with Crippen molar-refractivity contribution in [2.24, 2.45) is 0 Å². The number of fused-ring (bicyclic) bond motifs is 1. The van der Waals surface area contributed by atoms with E-state index in [0.29, 0.717) is 12.0 Å². The number of rotatable bonds is 1. The molecule has 0 fully saturated rings. The maximum absolute atomic E-state index is 12.9. The Hall–Kier alpha value is -1.58. The van der Waals surface area contributed by atoms with Crippen LogP contribution in [0.4, 0.5) is 10.1 Å². The summed E-state index contributed by atoms with van der Waals surface area (Å²) in [7, 11) is 0. The van der Waals surface area contributed by atoms with E-state index >= 15 is 0 Å². The number of para-hydroxylation sites is 1. The summed E-state index contributed by atoms with van der Waals surface area (Å²) in [5.41, 5.74) is 0.520. The Labute approximate surface area is 68.1 Å². The molecule has 0 aromatic heterocycles. The largest absolute Gasteiger partial charge is 0.458 e. The van der Waals surface area contributed by atoms with Crippen molar-refractivity contribution < 1.29 is 13.9 Å². The van der Waals surface area contributed by atoms with Crippen LogP contribution in [0.1, 0.15) is 0 Å². The van der Waals surface area contributed by atoms with E-state index < -0.39 is 12.0 Å². The zero-order chi connectivity index (χ0) is 8.55. The van der Waals surface area contributed by atoms with Gasteiger partial charge in [0.05, 0.1) is 5.69 Å². The zero-order valence-electron chi connectivity index (χ0n) is 6.08. The minimum absolute atomic E-state index is 0.120. The van der Waals surface area contributed by atoms with Crippen LogP contribution < -0.4 is 10.1 Å². The summed E-state index contributed by atoms with van der Waals surface area (Å²) in [6.07, 6.45) is -0.170. The molecule has 1 atom stereocenters. The molecule has 2 rings (SSSR count). The normalized spacial score (nSPS) is 19.2. The van der Waals surface area contributed by atoms with Gasteiger partial charge in [0.25, 0.3) is 0 Å². The standard InChI is InChI=1S/C8H6FNO2/c9-5-2-1-3-6-8(5)12-7(4-11)10-6/h1-4,7,10H. The van der Waals surface area contributed by atoms with Gasteiger partial charge < -0.3 is 10.1 Å². The predicted molar refractivity (Wildman–Crippen MR) is 40.5 cm³/mol. The first kappa shape index (κ1) is 7.09. The molecule has 0 radical (unpaired) electrons. The number of halogens is 1. The molecule has 1 heterocycles. The van der Waals surface area contributed by atoms with E-state index in [0.717, 1.165) is 0 Å². The molecule has 1 aliphatic heterocycles. The first-order valence-corrected chi connectivity index (χ1v) is 3.48. The Morgan fingerprint density at radius 3 is 3.08 bits per heavy atom. The molecule has 0 bridgehead atoms. The second-order valence-corrected chi connectivity index (χ2v) is 2.44. The van der Waals surface area contributed by atoms with Crippen LogP contribution in [0.25, 0.3) is 0 Å². The summed E-state index contributed by atoms with van der Waals surface area (Å²) in [5.74, 6) is -0.334. The highest BCUT2D eigenvalue weighted by molar-refractivity contribution is 5.71. The van der Waals surface area contributed by atoms with Gasteiger partial charge >= 0.3 is 0 Å². The van der Waals surface area contributed by atoms with E-state index in [4.69, 9.17) is 4.74 Å². The molecule has 12 heavy (non-hydrogen) atoms. The summed E-state index contributed by atoms with van der Waals surface area (Å²) in [6, 6.07) is 4.49. The lowest BCUT2D eigenvalue weighted by atomic mass is 10.3. The number of hydrogen-bond acceptors (Lipinski definition) is 3. The molecule has 1 unspecified atom stereocenters. The fourth-order valence-corrected chi connectivity index (χ4v) is 1.11. The number of ether oxygens (including phenoxy) is 1. The number of benzene rings is 1. The second kappa shape index (κ2) is 2.48. The van der Waals surface area contributed by atoms with Crippen LogP contribution in [0.5, 0.6) is 5.75 Å². The number of nitrogens with one attached hydrogen (secondary N) is 1. The Bertz CT molecular complexity index is 327. The van der Waals surface area contributed by atoms with Crippen molar-refractivity contribution in [3.05, 3.63) is 24.0 Å². The highest BCUT2D eigenvalue weighted by Gasteiger charge is 2.23. The highest BCUT2D eigenvalue weighted by Crippen LogP contribution is 2.33. The van der Waals surface area contributed by atoms with Gasteiger partial charge in [0, 0.05) is 0 Å². The van der Waals surface area contributed by atoms with Crippen LogP contribution in [0, 0.1) is 5.82 Å². The van der Waals surface area contributed by atoms with Crippen LogP contribution in [0.15, 0.2) is 18.2 Å².